The van der Waals surface area contributed by atoms with Crippen molar-refractivity contribution in [1.29, 1.82) is 0 Å². The third-order valence-corrected chi connectivity index (χ3v) is 4.66. The highest BCUT2D eigenvalue weighted by Crippen LogP contribution is 2.45. The molecular weight excluding hydrogens is 355 g/mol. The zero-order valence-electron chi connectivity index (χ0n) is 13.9. The Kier molecular flexibility index (Phi) is 5.99. The molecule has 1 aliphatic carbocycles. The van der Waals surface area contributed by atoms with Gasteiger partial charge in [-0.3, -0.25) is 14.9 Å². The van der Waals surface area contributed by atoms with Crippen molar-refractivity contribution < 1.29 is 32.4 Å². The smallest absolute Gasteiger partial charge is 0.416 e. The minimum absolute atomic E-state index is 0.111. The number of ether oxygens (including phenoxy) is 1. The number of rotatable bonds is 6. The summed E-state index contributed by atoms with van der Waals surface area (Å²) in [6.45, 7) is 1.74. The first-order chi connectivity index (χ1) is 12.2. The van der Waals surface area contributed by atoms with E-state index in [0.29, 0.717) is 6.29 Å². The van der Waals surface area contributed by atoms with Crippen molar-refractivity contribution in [3.63, 3.8) is 0 Å². The monoisotopic (exact) mass is 373 g/mol. The fraction of sp³-hybridized carbons (Fsp3) is 0.529. The first-order valence-corrected chi connectivity index (χ1v) is 8.10. The van der Waals surface area contributed by atoms with E-state index in [1.807, 2.05) is 0 Å². The second-order valence-corrected chi connectivity index (χ2v) is 6.23. The SMILES string of the molecule is CCOC(=O)C[C@H]1C[C@@H](C=O)[C@H](c2ccc(C(F)(F)F)cc2)[C@H]1[N+](=O)[O-]. The molecule has 26 heavy (non-hydrogen) atoms. The van der Waals surface area contributed by atoms with Crippen molar-refractivity contribution in [1.82, 2.24) is 0 Å². The first kappa shape index (κ1) is 19.9. The molecule has 1 fully saturated rings. The Balaban J connectivity index is 2.33. The van der Waals surface area contributed by atoms with Gasteiger partial charge in [0.05, 0.1) is 24.5 Å². The highest BCUT2D eigenvalue weighted by molar-refractivity contribution is 5.70. The minimum atomic E-state index is -4.52. The van der Waals surface area contributed by atoms with E-state index in [9.17, 15) is 32.9 Å². The third kappa shape index (κ3) is 4.20. The van der Waals surface area contributed by atoms with Crippen LogP contribution in [0.5, 0.6) is 0 Å². The van der Waals surface area contributed by atoms with Crippen LogP contribution in [0, 0.1) is 22.0 Å². The van der Waals surface area contributed by atoms with Crippen LogP contribution in [0.25, 0.3) is 0 Å². The van der Waals surface area contributed by atoms with Gasteiger partial charge in [0, 0.05) is 16.8 Å². The summed E-state index contributed by atoms with van der Waals surface area (Å²) in [7, 11) is 0. The van der Waals surface area contributed by atoms with Gasteiger partial charge in [0.2, 0.25) is 6.04 Å². The molecule has 1 aliphatic rings. The number of halogens is 3. The van der Waals surface area contributed by atoms with Crippen molar-refractivity contribution in [2.45, 2.75) is 37.9 Å². The van der Waals surface area contributed by atoms with Crippen molar-refractivity contribution in [3.05, 3.63) is 45.5 Å². The highest BCUT2D eigenvalue weighted by Gasteiger charge is 2.52. The van der Waals surface area contributed by atoms with Crippen LogP contribution in [0.3, 0.4) is 0 Å². The lowest BCUT2D eigenvalue weighted by molar-refractivity contribution is -0.532. The van der Waals surface area contributed by atoms with E-state index in [2.05, 4.69) is 0 Å². The molecule has 0 spiro atoms. The number of alkyl halides is 3. The fourth-order valence-electron chi connectivity index (χ4n) is 3.60. The number of carbonyl (C=O) groups is 2. The van der Waals surface area contributed by atoms with Gasteiger partial charge in [0.15, 0.2) is 0 Å². The standard InChI is InChI=1S/C17H18F3NO5/c1-2-26-14(23)8-11-7-12(9-22)15(16(11)21(24)25)10-3-5-13(6-4-10)17(18,19)20/h3-6,9,11-12,15-16H,2,7-8H2,1H3/t11-,12+,15+,16+/m1/s1. The number of esters is 1. The summed E-state index contributed by atoms with van der Waals surface area (Å²) in [5.41, 5.74) is -0.592. The predicted octanol–water partition coefficient (Wildman–Crippen LogP) is 3.22. The summed E-state index contributed by atoms with van der Waals surface area (Å²) < 4.78 is 42.9. The van der Waals surface area contributed by atoms with Gasteiger partial charge in [-0.1, -0.05) is 12.1 Å². The summed E-state index contributed by atoms with van der Waals surface area (Å²) >= 11 is 0. The van der Waals surface area contributed by atoms with Crippen LogP contribution in [-0.2, 0) is 20.5 Å². The fourth-order valence-corrected chi connectivity index (χ4v) is 3.60. The van der Waals surface area contributed by atoms with E-state index < -0.39 is 46.4 Å². The molecule has 0 amide bonds. The van der Waals surface area contributed by atoms with Crippen LogP contribution in [-0.4, -0.2) is 29.8 Å². The summed E-state index contributed by atoms with van der Waals surface area (Å²) in [4.78, 5) is 34.1. The van der Waals surface area contributed by atoms with Crippen LogP contribution in [0.1, 0.15) is 36.8 Å². The summed E-state index contributed by atoms with van der Waals surface area (Å²) in [6.07, 6.45) is -4.04. The van der Waals surface area contributed by atoms with Crippen LogP contribution >= 0.6 is 0 Å². The number of carbonyl (C=O) groups excluding carboxylic acids is 2. The van der Waals surface area contributed by atoms with E-state index in [1.165, 1.54) is 0 Å². The van der Waals surface area contributed by atoms with Crippen LogP contribution in [0.2, 0.25) is 0 Å². The van der Waals surface area contributed by atoms with Crippen molar-refractivity contribution in [3.8, 4) is 0 Å². The number of benzene rings is 1. The van der Waals surface area contributed by atoms with Crippen LogP contribution in [0.4, 0.5) is 13.2 Å². The molecule has 0 heterocycles. The van der Waals surface area contributed by atoms with Crippen LogP contribution in [0.15, 0.2) is 24.3 Å². The number of hydrogen-bond donors (Lipinski definition) is 0. The van der Waals surface area contributed by atoms with Gasteiger partial charge >= 0.3 is 12.1 Å². The van der Waals surface area contributed by atoms with E-state index >= 15 is 0 Å². The molecule has 0 aromatic heterocycles. The maximum atomic E-state index is 12.7. The zero-order chi connectivity index (χ0) is 19.5. The Labute approximate surface area is 147 Å². The predicted molar refractivity (Wildman–Crippen MR) is 83.9 cm³/mol. The minimum Gasteiger partial charge on any atom is -0.466 e. The number of nitro groups is 1. The molecule has 0 saturated heterocycles. The Hall–Kier alpha value is -2.45. The molecule has 9 heteroatoms. The van der Waals surface area contributed by atoms with E-state index in [1.54, 1.807) is 6.92 Å². The molecule has 2 rings (SSSR count). The topological polar surface area (TPSA) is 86.5 Å². The lowest BCUT2D eigenvalue weighted by Gasteiger charge is -2.19. The lowest BCUT2D eigenvalue weighted by atomic mass is 9.86. The first-order valence-electron chi connectivity index (χ1n) is 8.10. The second kappa shape index (κ2) is 7.84. The van der Waals surface area contributed by atoms with Gasteiger partial charge in [-0.2, -0.15) is 13.2 Å². The number of nitrogens with zero attached hydrogens (tertiary/aromatic N) is 1. The summed E-state index contributed by atoms with van der Waals surface area (Å²) in [5.74, 6) is -2.95. The maximum Gasteiger partial charge on any atom is 0.416 e. The maximum absolute atomic E-state index is 12.7. The van der Waals surface area contributed by atoms with Gasteiger partial charge in [-0.15, -0.1) is 0 Å². The quantitative estimate of drug-likeness (QED) is 0.331. The normalized spacial score (nSPS) is 25.7. The Morgan fingerprint density at radius 2 is 1.96 bits per heavy atom. The molecule has 1 aromatic rings. The van der Waals surface area contributed by atoms with Crippen molar-refractivity contribution in [2.24, 2.45) is 11.8 Å². The van der Waals surface area contributed by atoms with Crippen LogP contribution < -0.4 is 0 Å². The van der Waals surface area contributed by atoms with E-state index in [4.69, 9.17) is 4.74 Å². The molecule has 6 nitrogen and oxygen atoms in total. The summed E-state index contributed by atoms with van der Waals surface area (Å²) in [6, 6.07) is 2.76. The van der Waals surface area contributed by atoms with Crippen molar-refractivity contribution >= 4 is 12.3 Å². The summed E-state index contributed by atoms with van der Waals surface area (Å²) in [5, 5.41) is 11.6. The third-order valence-electron chi connectivity index (χ3n) is 4.66. The van der Waals surface area contributed by atoms with Gasteiger partial charge in [-0.25, -0.2) is 0 Å². The van der Waals surface area contributed by atoms with Gasteiger partial charge in [0.1, 0.15) is 6.29 Å². The molecule has 0 bridgehead atoms. The Morgan fingerprint density at radius 1 is 1.35 bits per heavy atom. The van der Waals surface area contributed by atoms with Gasteiger partial charge in [-0.05, 0) is 31.0 Å². The molecule has 1 saturated carbocycles. The Bertz CT molecular complexity index is 674. The Morgan fingerprint density at radius 3 is 2.42 bits per heavy atom. The zero-order valence-corrected chi connectivity index (χ0v) is 13.9. The van der Waals surface area contributed by atoms with Crippen molar-refractivity contribution in [2.75, 3.05) is 6.61 Å². The molecule has 0 unspecified atom stereocenters. The molecule has 0 radical (unpaired) electrons. The molecular formula is C17H18F3NO5. The molecule has 0 aliphatic heterocycles. The molecule has 142 valence electrons. The second-order valence-electron chi connectivity index (χ2n) is 6.23. The van der Waals surface area contributed by atoms with E-state index in [-0.39, 0.29) is 25.0 Å². The van der Waals surface area contributed by atoms with E-state index in [0.717, 1.165) is 24.3 Å². The molecule has 0 N–H and O–H groups in total. The average Bonchev–Trinajstić information content (AvgIpc) is 2.92. The molecule has 4 atom stereocenters. The largest absolute Gasteiger partial charge is 0.466 e. The molecule has 1 aromatic carbocycles. The number of hydrogen-bond acceptors (Lipinski definition) is 5. The average molecular weight is 373 g/mol. The van der Waals surface area contributed by atoms with Gasteiger partial charge in [0.25, 0.3) is 0 Å². The van der Waals surface area contributed by atoms with Gasteiger partial charge < -0.3 is 9.53 Å². The number of aldehydes is 1. The lowest BCUT2D eigenvalue weighted by Crippen LogP contribution is -2.32. The highest BCUT2D eigenvalue weighted by atomic mass is 19.4.